The van der Waals surface area contributed by atoms with Gasteiger partial charge >= 0.3 is 0 Å². The summed E-state index contributed by atoms with van der Waals surface area (Å²) < 4.78 is 25.5. The third kappa shape index (κ3) is 1.45. The molecule has 0 bridgehead atoms. The van der Waals surface area contributed by atoms with Crippen LogP contribution in [0.25, 0.3) is 0 Å². The molecule has 0 radical (unpaired) electrons. The molecule has 2 aliphatic rings. The van der Waals surface area contributed by atoms with Crippen molar-refractivity contribution in [1.29, 1.82) is 0 Å². The Morgan fingerprint density at radius 1 is 0.789 bits per heavy atom. The van der Waals surface area contributed by atoms with Crippen molar-refractivity contribution in [2.75, 3.05) is 0 Å². The van der Waals surface area contributed by atoms with E-state index in [-0.39, 0.29) is 0 Å². The third-order valence-corrected chi connectivity index (χ3v) is 6.17. The van der Waals surface area contributed by atoms with E-state index in [4.69, 9.17) is 0 Å². The smallest absolute Gasteiger partial charge is 0.206 e. The summed E-state index contributed by atoms with van der Waals surface area (Å²) in [4.78, 5) is 0.960. The Balaban J connectivity index is 1.95. The average Bonchev–Trinajstić information content (AvgIpc) is 2.37. The second-order valence-electron chi connectivity index (χ2n) is 5.29. The number of sulfone groups is 1. The van der Waals surface area contributed by atoms with Gasteiger partial charge in [-0.2, -0.15) is 0 Å². The van der Waals surface area contributed by atoms with Crippen molar-refractivity contribution in [3.8, 4) is 0 Å². The third-order valence-electron chi connectivity index (χ3n) is 4.33. The van der Waals surface area contributed by atoms with Crippen LogP contribution in [0.5, 0.6) is 0 Å². The molecule has 2 aromatic rings. The highest BCUT2D eigenvalue weighted by Crippen LogP contribution is 2.41. The fraction of sp³-hybridized carbons (Fsp3) is 0.250. The number of fused-ring (bicyclic) bond motifs is 3. The maximum Gasteiger partial charge on any atom is 0.206 e. The quantitative estimate of drug-likeness (QED) is 0.841. The van der Waals surface area contributed by atoms with Crippen molar-refractivity contribution in [2.24, 2.45) is 0 Å². The van der Waals surface area contributed by atoms with E-state index in [1.807, 2.05) is 12.1 Å². The molecule has 0 saturated carbocycles. The van der Waals surface area contributed by atoms with Crippen LogP contribution >= 0.6 is 0 Å². The number of hydrogen-bond acceptors (Lipinski definition) is 2. The highest BCUT2D eigenvalue weighted by Gasteiger charge is 2.32. The van der Waals surface area contributed by atoms with Crippen LogP contribution in [0.3, 0.4) is 0 Å². The summed E-state index contributed by atoms with van der Waals surface area (Å²) >= 11 is 0. The van der Waals surface area contributed by atoms with Crippen molar-refractivity contribution in [3.63, 3.8) is 0 Å². The van der Waals surface area contributed by atoms with E-state index in [0.29, 0.717) is 9.79 Å². The van der Waals surface area contributed by atoms with Crippen molar-refractivity contribution < 1.29 is 8.42 Å². The Morgan fingerprint density at radius 3 is 2.05 bits per heavy atom. The van der Waals surface area contributed by atoms with Crippen molar-refractivity contribution in [1.82, 2.24) is 0 Å². The topological polar surface area (TPSA) is 34.1 Å². The van der Waals surface area contributed by atoms with Gasteiger partial charge < -0.3 is 0 Å². The molecule has 0 fully saturated rings. The zero-order valence-corrected chi connectivity index (χ0v) is 11.3. The van der Waals surface area contributed by atoms with E-state index in [1.165, 1.54) is 16.7 Å². The van der Waals surface area contributed by atoms with Gasteiger partial charge in [0.25, 0.3) is 0 Å². The Labute approximate surface area is 113 Å². The largest absolute Gasteiger partial charge is 0.219 e. The lowest BCUT2D eigenvalue weighted by Gasteiger charge is -2.32. The average molecular weight is 270 g/mol. The van der Waals surface area contributed by atoms with E-state index in [0.717, 1.165) is 31.2 Å². The van der Waals surface area contributed by atoms with Crippen LogP contribution in [-0.4, -0.2) is 8.42 Å². The van der Waals surface area contributed by atoms with Gasteiger partial charge in [-0.05, 0) is 66.1 Å². The molecule has 0 saturated heterocycles. The van der Waals surface area contributed by atoms with Crippen LogP contribution in [0, 0.1) is 0 Å². The molecule has 2 aromatic carbocycles. The fourth-order valence-corrected chi connectivity index (χ4v) is 4.71. The highest BCUT2D eigenvalue weighted by atomic mass is 32.2. The molecule has 0 heterocycles. The molecular formula is C16H14O2S. The summed E-state index contributed by atoms with van der Waals surface area (Å²) in [5.41, 5.74) is 5.06. The van der Waals surface area contributed by atoms with E-state index in [2.05, 4.69) is 0 Å². The minimum Gasteiger partial charge on any atom is -0.219 e. The predicted molar refractivity (Wildman–Crippen MR) is 73.2 cm³/mol. The van der Waals surface area contributed by atoms with Gasteiger partial charge in [-0.15, -0.1) is 0 Å². The summed E-state index contributed by atoms with van der Waals surface area (Å²) in [6, 6.07) is 10.7. The molecule has 0 spiro atoms. The zero-order chi connectivity index (χ0) is 13.0. The maximum atomic E-state index is 12.7. The first-order valence-corrected chi connectivity index (χ1v) is 8.13. The van der Waals surface area contributed by atoms with Crippen LogP contribution in [0.4, 0.5) is 0 Å². The van der Waals surface area contributed by atoms with E-state index < -0.39 is 9.84 Å². The molecule has 0 aliphatic heterocycles. The standard InChI is InChI=1S/C16H14O2S/c17-19(18,12-4-2-1-3-5-12)16-10-11-6-7-13(11)14-8-9-15(14)16/h1-5,10H,6-9H2. The molecule has 0 unspecified atom stereocenters. The number of rotatable bonds is 2. The molecule has 0 atom stereocenters. The van der Waals surface area contributed by atoms with Crippen molar-refractivity contribution >= 4 is 9.84 Å². The van der Waals surface area contributed by atoms with Crippen LogP contribution < -0.4 is 0 Å². The Bertz CT molecular complexity index is 774. The van der Waals surface area contributed by atoms with Crippen molar-refractivity contribution in [2.45, 2.75) is 35.5 Å². The first kappa shape index (κ1) is 11.2. The normalized spacial score (nSPS) is 16.0. The molecule has 2 nitrogen and oxygen atoms in total. The van der Waals surface area contributed by atoms with Gasteiger partial charge in [0.1, 0.15) is 0 Å². The SMILES string of the molecule is O=S(=O)(c1ccccc1)c1cc2c(c3c1CC3)CC2. The summed E-state index contributed by atoms with van der Waals surface area (Å²) in [6.07, 6.45) is 4.11. The van der Waals surface area contributed by atoms with Gasteiger partial charge in [0.2, 0.25) is 9.84 Å². The second kappa shape index (κ2) is 3.70. The van der Waals surface area contributed by atoms with Gasteiger partial charge in [-0.25, -0.2) is 8.42 Å². The molecule has 4 rings (SSSR count). The van der Waals surface area contributed by atoms with Gasteiger partial charge in [0, 0.05) is 0 Å². The Kier molecular flexibility index (Phi) is 2.19. The number of hydrogen-bond donors (Lipinski definition) is 0. The summed E-state index contributed by atoms with van der Waals surface area (Å²) in [5.74, 6) is 0. The molecule has 0 aromatic heterocycles. The molecule has 3 heteroatoms. The highest BCUT2D eigenvalue weighted by molar-refractivity contribution is 7.91. The lowest BCUT2D eigenvalue weighted by atomic mass is 9.75. The van der Waals surface area contributed by atoms with Gasteiger partial charge in [-0.3, -0.25) is 0 Å². The first-order chi connectivity index (χ1) is 9.18. The molecule has 96 valence electrons. The molecule has 19 heavy (non-hydrogen) atoms. The first-order valence-electron chi connectivity index (χ1n) is 6.64. The lowest BCUT2D eigenvalue weighted by molar-refractivity contribution is 0.591. The Morgan fingerprint density at radius 2 is 1.47 bits per heavy atom. The van der Waals surface area contributed by atoms with E-state index >= 15 is 0 Å². The summed E-state index contributed by atoms with van der Waals surface area (Å²) in [5, 5.41) is 0. The molecule has 0 N–H and O–H groups in total. The zero-order valence-electron chi connectivity index (χ0n) is 10.5. The van der Waals surface area contributed by atoms with E-state index in [9.17, 15) is 8.42 Å². The van der Waals surface area contributed by atoms with Crippen molar-refractivity contribution in [3.05, 3.63) is 58.7 Å². The lowest BCUT2D eigenvalue weighted by Crippen LogP contribution is -2.24. The number of aryl methyl sites for hydroxylation is 1. The predicted octanol–water partition coefficient (Wildman–Crippen LogP) is 2.72. The van der Waals surface area contributed by atoms with E-state index in [1.54, 1.807) is 24.3 Å². The van der Waals surface area contributed by atoms with Crippen LogP contribution in [0.2, 0.25) is 0 Å². The van der Waals surface area contributed by atoms with Crippen LogP contribution in [-0.2, 0) is 35.5 Å². The fourth-order valence-electron chi connectivity index (χ4n) is 3.09. The van der Waals surface area contributed by atoms with Gasteiger partial charge in [0.05, 0.1) is 9.79 Å². The molecular weight excluding hydrogens is 256 g/mol. The van der Waals surface area contributed by atoms with Gasteiger partial charge in [-0.1, -0.05) is 18.2 Å². The molecule has 2 aliphatic carbocycles. The number of benzene rings is 2. The van der Waals surface area contributed by atoms with Crippen LogP contribution in [0.15, 0.2) is 46.2 Å². The van der Waals surface area contributed by atoms with Crippen LogP contribution in [0.1, 0.15) is 22.3 Å². The maximum absolute atomic E-state index is 12.7. The van der Waals surface area contributed by atoms with Gasteiger partial charge in [0.15, 0.2) is 0 Å². The molecule has 0 amide bonds. The summed E-state index contributed by atoms with van der Waals surface area (Å²) in [7, 11) is -3.35. The minimum absolute atomic E-state index is 0.406. The minimum atomic E-state index is -3.35. The summed E-state index contributed by atoms with van der Waals surface area (Å²) in [6.45, 7) is 0. The monoisotopic (exact) mass is 270 g/mol. The Hall–Kier alpha value is -1.61. The second-order valence-corrected chi connectivity index (χ2v) is 7.20.